The fourth-order valence-corrected chi connectivity index (χ4v) is 4.50. The first-order chi connectivity index (χ1) is 11.2. The Hall–Kier alpha value is -1.53. The van der Waals surface area contributed by atoms with Gasteiger partial charge in [-0.1, -0.05) is 18.2 Å². The molecule has 1 N–H and O–H groups in total. The second-order valence-electron chi connectivity index (χ2n) is 5.98. The Morgan fingerprint density at radius 3 is 2.78 bits per heavy atom. The summed E-state index contributed by atoms with van der Waals surface area (Å²) in [6.07, 6.45) is 5.44. The van der Waals surface area contributed by atoms with Crippen LogP contribution in [-0.2, 0) is 16.6 Å². The minimum atomic E-state index is -1.01. The van der Waals surface area contributed by atoms with Gasteiger partial charge in [0.25, 0.3) is 0 Å². The van der Waals surface area contributed by atoms with E-state index in [2.05, 4.69) is 15.2 Å². The number of rotatable bonds is 5. The standard InChI is InChI=1S/C17H22FN3OS/c18-17-4-2-1-3-14(17)13-23(22)16-5-9-21(10-6-16)12-15-11-19-7-8-20-15/h1-4,7-8,16,19H,5-6,9-13H2. The lowest BCUT2D eigenvalue weighted by Gasteiger charge is -2.32. The van der Waals surface area contributed by atoms with E-state index in [-0.39, 0.29) is 11.1 Å². The molecule has 2 heterocycles. The Morgan fingerprint density at radius 2 is 2.09 bits per heavy atom. The molecule has 1 aromatic carbocycles. The van der Waals surface area contributed by atoms with E-state index in [9.17, 15) is 8.60 Å². The third-order valence-corrected chi connectivity index (χ3v) is 6.13. The average Bonchev–Trinajstić information content (AvgIpc) is 2.58. The molecular weight excluding hydrogens is 313 g/mol. The summed E-state index contributed by atoms with van der Waals surface area (Å²) >= 11 is 0. The van der Waals surface area contributed by atoms with Crippen molar-refractivity contribution in [1.29, 1.82) is 0 Å². The second-order valence-corrected chi connectivity index (χ2v) is 7.70. The van der Waals surface area contributed by atoms with Crippen molar-refractivity contribution >= 4 is 16.5 Å². The van der Waals surface area contributed by atoms with Crippen molar-refractivity contribution in [2.75, 3.05) is 26.2 Å². The molecule has 6 heteroatoms. The maximum Gasteiger partial charge on any atom is 0.127 e. The highest BCUT2D eigenvalue weighted by Gasteiger charge is 2.25. The molecule has 0 radical (unpaired) electrons. The lowest BCUT2D eigenvalue weighted by Crippen LogP contribution is -2.42. The fourth-order valence-electron chi connectivity index (χ4n) is 2.99. The number of hydrogen-bond acceptors (Lipinski definition) is 4. The molecule has 0 aromatic heterocycles. The van der Waals surface area contributed by atoms with Crippen molar-refractivity contribution in [1.82, 2.24) is 10.2 Å². The predicted octanol–water partition coefficient (Wildman–Crippen LogP) is 2.05. The van der Waals surface area contributed by atoms with E-state index in [0.717, 1.165) is 44.7 Å². The maximum absolute atomic E-state index is 13.7. The lowest BCUT2D eigenvalue weighted by molar-refractivity contribution is 0.260. The van der Waals surface area contributed by atoms with Crippen LogP contribution in [0.25, 0.3) is 0 Å². The van der Waals surface area contributed by atoms with E-state index in [1.165, 1.54) is 6.07 Å². The van der Waals surface area contributed by atoms with Gasteiger partial charge in [-0.25, -0.2) is 4.39 Å². The topological polar surface area (TPSA) is 44.7 Å². The van der Waals surface area contributed by atoms with Crippen molar-refractivity contribution in [3.05, 3.63) is 48.0 Å². The highest BCUT2D eigenvalue weighted by atomic mass is 32.2. The van der Waals surface area contributed by atoms with E-state index in [1.807, 2.05) is 6.20 Å². The van der Waals surface area contributed by atoms with Gasteiger partial charge in [-0.05, 0) is 32.0 Å². The Bertz CT molecular complexity index is 624. The summed E-state index contributed by atoms with van der Waals surface area (Å²) in [5.41, 5.74) is 1.70. The van der Waals surface area contributed by atoms with E-state index in [4.69, 9.17) is 0 Å². The van der Waals surface area contributed by atoms with E-state index >= 15 is 0 Å². The molecule has 0 spiro atoms. The van der Waals surface area contributed by atoms with Crippen molar-refractivity contribution in [2.45, 2.75) is 23.8 Å². The molecule has 0 aliphatic carbocycles. The van der Waals surface area contributed by atoms with Gasteiger partial charge in [-0.15, -0.1) is 0 Å². The van der Waals surface area contributed by atoms with Crippen LogP contribution >= 0.6 is 0 Å². The van der Waals surface area contributed by atoms with Gasteiger partial charge in [-0.2, -0.15) is 0 Å². The molecule has 1 unspecified atom stereocenters. The van der Waals surface area contributed by atoms with Gasteiger partial charge in [0.15, 0.2) is 0 Å². The number of benzene rings is 1. The molecule has 3 rings (SSSR count). The number of piperidine rings is 1. The molecule has 1 fully saturated rings. The monoisotopic (exact) mass is 335 g/mol. The molecule has 0 saturated carbocycles. The van der Waals surface area contributed by atoms with Crippen LogP contribution in [0.4, 0.5) is 4.39 Å². The summed E-state index contributed by atoms with van der Waals surface area (Å²) in [7, 11) is -1.01. The molecule has 1 aromatic rings. The Morgan fingerprint density at radius 1 is 1.30 bits per heavy atom. The fraction of sp³-hybridized carbons (Fsp3) is 0.471. The predicted molar refractivity (Wildman–Crippen MR) is 92.3 cm³/mol. The van der Waals surface area contributed by atoms with Gasteiger partial charge >= 0.3 is 0 Å². The molecule has 124 valence electrons. The number of likely N-dealkylation sites (tertiary alicyclic amines) is 1. The molecule has 0 amide bonds. The van der Waals surface area contributed by atoms with E-state index < -0.39 is 10.8 Å². The molecular formula is C17H22FN3OS. The van der Waals surface area contributed by atoms with Gasteiger partial charge < -0.3 is 5.32 Å². The van der Waals surface area contributed by atoms with Gasteiger partial charge in [0.1, 0.15) is 5.82 Å². The van der Waals surface area contributed by atoms with Crippen LogP contribution < -0.4 is 5.32 Å². The third kappa shape index (κ3) is 4.48. The van der Waals surface area contributed by atoms with Crippen LogP contribution in [0.3, 0.4) is 0 Å². The lowest BCUT2D eigenvalue weighted by atomic mass is 10.1. The van der Waals surface area contributed by atoms with Crippen LogP contribution in [0.2, 0.25) is 0 Å². The zero-order valence-electron chi connectivity index (χ0n) is 13.1. The van der Waals surface area contributed by atoms with Crippen molar-refractivity contribution in [3.63, 3.8) is 0 Å². The summed E-state index contributed by atoms with van der Waals surface area (Å²) in [5, 5.41) is 3.33. The molecule has 1 atom stereocenters. The molecule has 4 nitrogen and oxygen atoms in total. The molecule has 0 bridgehead atoms. The first kappa shape index (κ1) is 16.3. The normalized spacial score (nSPS) is 20.8. The molecule has 1 saturated heterocycles. The summed E-state index contributed by atoms with van der Waals surface area (Å²) < 4.78 is 26.2. The minimum absolute atomic E-state index is 0.164. The first-order valence-corrected chi connectivity index (χ1v) is 9.37. The van der Waals surface area contributed by atoms with Crippen LogP contribution in [0.1, 0.15) is 18.4 Å². The zero-order valence-corrected chi connectivity index (χ0v) is 13.9. The highest BCUT2D eigenvalue weighted by Crippen LogP contribution is 2.19. The average molecular weight is 335 g/mol. The van der Waals surface area contributed by atoms with Gasteiger partial charge in [0.2, 0.25) is 0 Å². The van der Waals surface area contributed by atoms with Gasteiger partial charge in [0, 0.05) is 40.6 Å². The number of nitrogens with zero attached hydrogens (tertiary/aromatic N) is 2. The number of aliphatic imine (C=N–C) groups is 1. The minimum Gasteiger partial charge on any atom is -0.384 e. The van der Waals surface area contributed by atoms with Crippen LogP contribution in [0.5, 0.6) is 0 Å². The Labute approximate surface area is 138 Å². The number of halogens is 1. The SMILES string of the molecule is O=S(Cc1ccccc1F)C1CCN(CC2=NC=CNC2)CC1. The summed E-state index contributed by atoms with van der Waals surface area (Å²) in [6, 6.07) is 6.62. The van der Waals surface area contributed by atoms with Crippen LogP contribution in [0, 0.1) is 5.82 Å². The molecule has 23 heavy (non-hydrogen) atoms. The Balaban J connectivity index is 1.48. The highest BCUT2D eigenvalue weighted by molar-refractivity contribution is 7.84. The third-order valence-electron chi connectivity index (χ3n) is 4.32. The van der Waals surface area contributed by atoms with Crippen molar-refractivity contribution in [3.8, 4) is 0 Å². The van der Waals surface area contributed by atoms with Crippen LogP contribution in [-0.4, -0.2) is 46.2 Å². The van der Waals surface area contributed by atoms with Crippen LogP contribution in [0.15, 0.2) is 41.7 Å². The van der Waals surface area contributed by atoms with E-state index in [1.54, 1.807) is 24.4 Å². The summed E-state index contributed by atoms with van der Waals surface area (Å²) in [4.78, 5) is 6.73. The molecule has 2 aliphatic heterocycles. The second kappa shape index (κ2) is 7.84. The number of nitrogens with one attached hydrogen (secondary N) is 1. The summed E-state index contributed by atoms with van der Waals surface area (Å²) in [6.45, 7) is 3.52. The molecule has 2 aliphatic rings. The van der Waals surface area contributed by atoms with E-state index in [0.29, 0.717) is 11.3 Å². The Kier molecular flexibility index (Phi) is 5.56. The van der Waals surface area contributed by atoms with Gasteiger partial charge in [-0.3, -0.25) is 14.1 Å². The van der Waals surface area contributed by atoms with Gasteiger partial charge in [0.05, 0.1) is 18.0 Å². The van der Waals surface area contributed by atoms with Crippen molar-refractivity contribution in [2.24, 2.45) is 4.99 Å². The smallest absolute Gasteiger partial charge is 0.127 e. The quantitative estimate of drug-likeness (QED) is 0.896. The first-order valence-electron chi connectivity index (χ1n) is 7.99. The number of hydrogen-bond donors (Lipinski definition) is 1. The zero-order chi connectivity index (χ0) is 16.1. The maximum atomic E-state index is 13.7. The summed E-state index contributed by atoms with van der Waals surface area (Å²) in [5.74, 6) is 0.0628. The largest absolute Gasteiger partial charge is 0.384 e. The van der Waals surface area contributed by atoms with Crippen molar-refractivity contribution < 1.29 is 8.60 Å².